The monoisotopic (exact) mass is 357 g/mol. The minimum Gasteiger partial charge on any atom is -0.310 e. The summed E-state index contributed by atoms with van der Waals surface area (Å²) < 4.78 is 41.0. The molecule has 0 radical (unpaired) electrons. The van der Waals surface area contributed by atoms with Gasteiger partial charge < -0.3 is 5.32 Å². The van der Waals surface area contributed by atoms with Crippen LogP contribution in [0.5, 0.6) is 0 Å². The molecule has 5 heteroatoms. The van der Waals surface area contributed by atoms with Crippen LogP contribution in [-0.4, -0.2) is 6.54 Å². The third kappa shape index (κ3) is 4.08. The largest absolute Gasteiger partial charge is 0.310 e. The average Bonchev–Trinajstić information content (AvgIpc) is 2.45. The maximum atomic E-state index is 13.8. The maximum Gasteiger partial charge on any atom is 0.159 e. The Labute approximate surface area is 130 Å². The summed E-state index contributed by atoms with van der Waals surface area (Å²) in [5, 5.41) is 3.17. The molecule has 0 amide bonds. The molecule has 2 rings (SSSR count). The highest BCUT2D eigenvalue weighted by Gasteiger charge is 2.16. The van der Waals surface area contributed by atoms with Crippen molar-refractivity contribution in [2.45, 2.75) is 19.4 Å². The Morgan fingerprint density at radius 1 is 1.00 bits per heavy atom. The first-order chi connectivity index (χ1) is 10.0. The zero-order chi connectivity index (χ0) is 15.4. The Bertz CT molecular complexity index is 631. The Hall–Kier alpha value is -1.33. The van der Waals surface area contributed by atoms with Crippen molar-refractivity contribution in [1.29, 1.82) is 0 Å². The van der Waals surface area contributed by atoms with Crippen LogP contribution < -0.4 is 5.32 Å². The number of hydrogen-bond donors (Lipinski definition) is 1. The molecule has 0 fully saturated rings. The molecule has 21 heavy (non-hydrogen) atoms. The summed E-state index contributed by atoms with van der Waals surface area (Å²) >= 11 is 3.31. The van der Waals surface area contributed by atoms with Crippen LogP contribution in [0.3, 0.4) is 0 Å². The molecule has 0 aliphatic carbocycles. The number of halogens is 4. The van der Waals surface area contributed by atoms with Crippen LogP contribution in [-0.2, 0) is 6.42 Å². The lowest BCUT2D eigenvalue weighted by atomic mass is 9.98. The lowest BCUT2D eigenvalue weighted by molar-refractivity contribution is 0.494. The zero-order valence-electron chi connectivity index (χ0n) is 11.5. The first-order valence-electron chi connectivity index (χ1n) is 6.63. The van der Waals surface area contributed by atoms with Gasteiger partial charge in [-0.25, -0.2) is 13.2 Å². The summed E-state index contributed by atoms with van der Waals surface area (Å²) in [6.45, 7) is 2.55. The number of nitrogens with one attached hydrogen (secondary N) is 1. The molecule has 0 spiro atoms. The SMILES string of the molecule is CCNC(Cc1cc(Br)ccc1F)c1ccc(F)c(F)c1. The van der Waals surface area contributed by atoms with Crippen molar-refractivity contribution in [1.82, 2.24) is 5.32 Å². The van der Waals surface area contributed by atoms with Gasteiger partial charge in [-0.05, 0) is 54.4 Å². The first kappa shape index (κ1) is 16.0. The van der Waals surface area contributed by atoms with Crippen molar-refractivity contribution in [3.63, 3.8) is 0 Å². The van der Waals surface area contributed by atoms with Crippen LogP contribution >= 0.6 is 15.9 Å². The van der Waals surface area contributed by atoms with Gasteiger partial charge in [-0.3, -0.25) is 0 Å². The summed E-state index contributed by atoms with van der Waals surface area (Å²) in [4.78, 5) is 0. The number of benzene rings is 2. The highest BCUT2D eigenvalue weighted by molar-refractivity contribution is 9.10. The summed E-state index contributed by atoms with van der Waals surface area (Å²) in [6.07, 6.45) is 0.351. The molecule has 0 bridgehead atoms. The van der Waals surface area contributed by atoms with Gasteiger partial charge in [0.2, 0.25) is 0 Å². The lowest BCUT2D eigenvalue weighted by Crippen LogP contribution is -2.23. The molecule has 0 saturated carbocycles. The van der Waals surface area contributed by atoms with Crippen LogP contribution in [0.4, 0.5) is 13.2 Å². The lowest BCUT2D eigenvalue weighted by Gasteiger charge is -2.19. The van der Waals surface area contributed by atoms with Crippen molar-refractivity contribution in [2.24, 2.45) is 0 Å². The highest BCUT2D eigenvalue weighted by Crippen LogP contribution is 2.24. The van der Waals surface area contributed by atoms with Crippen LogP contribution in [0, 0.1) is 17.5 Å². The van der Waals surface area contributed by atoms with E-state index in [1.54, 1.807) is 12.1 Å². The number of hydrogen-bond acceptors (Lipinski definition) is 1. The second-order valence-electron chi connectivity index (χ2n) is 4.72. The molecule has 2 aromatic rings. The molecular formula is C16H15BrF3N. The molecule has 0 aliphatic rings. The topological polar surface area (TPSA) is 12.0 Å². The van der Waals surface area contributed by atoms with Gasteiger partial charge in [-0.2, -0.15) is 0 Å². The average molecular weight is 358 g/mol. The van der Waals surface area contributed by atoms with Gasteiger partial charge in [0.25, 0.3) is 0 Å². The fraction of sp³-hybridized carbons (Fsp3) is 0.250. The molecule has 0 saturated heterocycles. The molecule has 112 valence electrons. The van der Waals surface area contributed by atoms with E-state index in [0.717, 1.165) is 16.6 Å². The van der Waals surface area contributed by atoms with E-state index in [9.17, 15) is 13.2 Å². The van der Waals surface area contributed by atoms with Crippen molar-refractivity contribution in [3.8, 4) is 0 Å². The molecule has 1 nitrogen and oxygen atoms in total. The van der Waals surface area contributed by atoms with E-state index >= 15 is 0 Å². The number of rotatable bonds is 5. The predicted octanol–water partition coefficient (Wildman–Crippen LogP) is 4.76. The molecule has 1 N–H and O–H groups in total. The summed E-state index contributed by atoms with van der Waals surface area (Å²) in [7, 11) is 0. The van der Waals surface area contributed by atoms with Gasteiger partial charge in [0.15, 0.2) is 11.6 Å². The van der Waals surface area contributed by atoms with Crippen molar-refractivity contribution < 1.29 is 13.2 Å². The zero-order valence-corrected chi connectivity index (χ0v) is 13.1. The minimum atomic E-state index is -0.898. The first-order valence-corrected chi connectivity index (χ1v) is 7.42. The smallest absolute Gasteiger partial charge is 0.159 e. The van der Waals surface area contributed by atoms with Gasteiger partial charge in [0.05, 0.1) is 0 Å². The minimum absolute atomic E-state index is 0.283. The van der Waals surface area contributed by atoms with Crippen LogP contribution in [0.15, 0.2) is 40.9 Å². The highest BCUT2D eigenvalue weighted by atomic mass is 79.9. The standard InChI is InChI=1S/C16H15BrF3N/c1-2-21-16(10-3-5-14(19)15(20)8-10)9-11-7-12(17)4-6-13(11)18/h3-8,16,21H,2,9H2,1H3. The molecule has 1 unspecified atom stereocenters. The van der Waals surface area contributed by atoms with Crippen LogP contribution in [0.25, 0.3) is 0 Å². The summed E-state index contributed by atoms with van der Waals surface area (Å²) in [5.74, 6) is -2.10. The molecule has 2 aromatic carbocycles. The third-order valence-electron chi connectivity index (χ3n) is 3.23. The molecule has 0 heterocycles. The van der Waals surface area contributed by atoms with Crippen molar-refractivity contribution in [3.05, 3.63) is 69.4 Å². The van der Waals surface area contributed by atoms with Gasteiger partial charge in [0.1, 0.15) is 5.82 Å². The van der Waals surface area contributed by atoms with E-state index in [1.165, 1.54) is 12.1 Å². The van der Waals surface area contributed by atoms with Gasteiger partial charge in [-0.1, -0.05) is 28.9 Å². The maximum absolute atomic E-state index is 13.8. The van der Waals surface area contributed by atoms with Crippen LogP contribution in [0.2, 0.25) is 0 Å². The van der Waals surface area contributed by atoms with Gasteiger partial charge in [-0.15, -0.1) is 0 Å². The Balaban J connectivity index is 2.30. The third-order valence-corrected chi connectivity index (χ3v) is 3.72. The summed E-state index contributed by atoms with van der Waals surface area (Å²) in [5.41, 5.74) is 1.11. The molecule has 0 aromatic heterocycles. The van der Waals surface area contributed by atoms with Gasteiger partial charge in [0, 0.05) is 10.5 Å². The Morgan fingerprint density at radius 2 is 1.71 bits per heavy atom. The van der Waals surface area contributed by atoms with Crippen LogP contribution in [0.1, 0.15) is 24.1 Å². The quantitative estimate of drug-likeness (QED) is 0.813. The van der Waals surface area contributed by atoms with E-state index in [4.69, 9.17) is 0 Å². The fourth-order valence-electron chi connectivity index (χ4n) is 2.20. The van der Waals surface area contributed by atoms with Crippen molar-refractivity contribution >= 4 is 15.9 Å². The van der Waals surface area contributed by atoms with E-state index in [0.29, 0.717) is 24.1 Å². The Morgan fingerprint density at radius 3 is 2.38 bits per heavy atom. The van der Waals surface area contributed by atoms with Gasteiger partial charge >= 0.3 is 0 Å². The van der Waals surface area contributed by atoms with E-state index < -0.39 is 11.6 Å². The summed E-state index contributed by atoms with van der Waals surface area (Å²) in [6, 6.07) is 8.17. The molecule has 0 aliphatic heterocycles. The van der Waals surface area contributed by atoms with E-state index in [1.807, 2.05) is 6.92 Å². The van der Waals surface area contributed by atoms with E-state index in [2.05, 4.69) is 21.2 Å². The van der Waals surface area contributed by atoms with E-state index in [-0.39, 0.29) is 11.9 Å². The van der Waals surface area contributed by atoms with Crippen molar-refractivity contribution in [2.75, 3.05) is 6.54 Å². The fourth-order valence-corrected chi connectivity index (χ4v) is 2.61. The second-order valence-corrected chi connectivity index (χ2v) is 5.64. The normalized spacial score (nSPS) is 12.4. The Kier molecular flexibility index (Phi) is 5.42. The number of likely N-dealkylation sites (N-methyl/N-ethyl adjacent to an activating group) is 1. The molecular weight excluding hydrogens is 343 g/mol. The predicted molar refractivity (Wildman–Crippen MR) is 80.6 cm³/mol. The second kappa shape index (κ2) is 7.09. The molecule has 1 atom stereocenters.